The van der Waals surface area contributed by atoms with E-state index in [0.29, 0.717) is 10.6 Å². The summed E-state index contributed by atoms with van der Waals surface area (Å²) in [7, 11) is 0. The minimum atomic E-state index is 0.0149. The highest BCUT2D eigenvalue weighted by molar-refractivity contribution is 6.33. The first-order chi connectivity index (χ1) is 8.74. The van der Waals surface area contributed by atoms with Crippen LogP contribution in [0.3, 0.4) is 0 Å². The quantitative estimate of drug-likeness (QED) is 0.911. The number of amides is 1. The Morgan fingerprint density at radius 2 is 2.22 bits per heavy atom. The van der Waals surface area contributed by atoms with E-state index in [4.69, 9.17) is 16.7 Å². The summed E-state index contributed by atoms with van der Waals surface area (Å²) in [6, 6.07) is 7.42. The van der Waals surface area contributed by atoms with Gasteiger partial charge >= 0.3 is 0 Å². The van der Waals surface area contributed by atoms with Crippen LogP contribution < -0.4 is 0 Å². The molecule has 98 valence electrons. The molecule has 0 aromatic heterocycles. The number of hydrogen-bond donors (Lipinski definition) is 1. The second-order valence-electron chi connectivity index (χ2n) is 4.64. The summed E-state index contributed by atoms with van der Waals surface area (Å²) in [6.07, 6.45) is 3.67. The fourth-order valence-electron chi connectivity index (χ4n) is 2.52. The Balaban J connectivity index is 2.10. The lowest BCUT2D eigenvalue weighted by molar-refractivity contribution is 0.0724. The van der Waals surface area contributed by atoms with Crippen LogP contribution in [0.15, 0.2) is 24.3 Å². The van der Waals surface area contributed by atoms with E-state index in [-0.39, 0.29) is 18.6 Å². The van der Waals surface area contributed by atoms with E-state index in [1.807, 2.05) is 17.0 Å². The molecule has 1 heterocycles. The van der Waals surface area contributed by atoms with Gasteiger partial charge in [-0.25, -0.2) is 0 Å². The molecule has 0 aliphatic carbocycles. The summed E-state index contributed by atoms with van der Waals surface area (Å²) in [5.41, 5.74) is 0.579. The van der Waals surface area contributed by atoms with Crippen LogP contribution >= 0.6 is 11.6 Å². The number of carbonyl (C=O) groups is 1. The Labute approximate surface area is 112 Å². The van der Waals surface area contributed by atoms with Gasteiger partial charge in [0.1, 0.15) is 0 Å². The Hall–Kier alpha value is -1.06. The summed E-state index contributed by atoms with van der Waals surface area (Å²) in [4.78, 5) is 14.3. The van der Waals surface area contributed by atoms with E-state index in [1.54, 1.807) is 12.1 Å². The van der Waals surface area contributed by atoms with Crippen molar-refractivity contribution in [1.29, 1.82) is 0 Å². The summed E-state index contributed by atoms with van der Waals surface area (Å²) < 4.78 is 0. The fourth-order valence-corrected chi connectivity index (χ4v) is 2.74. The lowest BCUT2D eigenvalue weighted by atomic mass is 10.1. The van der Waals surface area contributed by atoms with Crippen molar-refractivity contribution in [2.75, 3.05) is 13.2 Å². The van der Waals surface area contributed by atoms with Gasteiger partial charge in [0.05, 0.1) is 10.6 Å². The molecule has 1 aromatic rings. The summed E-state index contributed by atoms with van der Waals surface area (Å²) in [5.74, 6) is 0.0149. The highest BCUT2D eigenvalue weighted by atomic mass is 35.5. The SMILES string of the molecule is O=C(c1ccccc1Cl)N1CCCC1CCCO. The molecule has 1 aliphatic heterocycles. The van der Waals surface area contributed by atoms with Gasteiger partial charge in [0.25, 0.3) is 5.91 Å². The standard InChI is InChI=1S/C14H18ClNO2/c15-13-8-2-1-7-12(13)14(18)16-9-3-5-11(16)6-4-10-17/h1-2,7-8,11,17H,3-6,9-10H2. The topological polar surface area (TPSA) is 40.5 Å². The van der Waals surface area contributed by atoms with Crippen LogP contribution in [0.25, 0.3) is 0 Å². The predicted octanol–water partition coefficient (Wildman–Crippen LogP) is 2.72. The molecule has 1 atom stereocenters. The smallest absolute Gasteiger partial charge is 0.255 e. The molecule has 1 saturated heterocycles. The van der Waals surface area contributed by atoms with Crippen molar-refractivity contribution < 1.29 is 9.90 Å². The van der Waals surface area contributed by atoms with E-state index in [2.05, 4.69) is 0 Å². The summed E-state index contributed by atoms with van der Waals surface area (Å²) in [6.45, 7) is 0.977. The molecule has 2 rings (SSSR count). The maximum atomic E-state index is 12.4. The molecule has 1 fully saturated rings. The molecule has 4 heteroatoms. The van der Waals surface area contributed by atoms with Gasteiger partial charge in [-0.05, 0) is 37.8 Å². The number of carbonyl (C=O) groups excluding carboxylic acids is 1. The second-order valence-corrected chi connectivity index (χ2v) is 5.05. The molecular formula is C14H18ClNO2. The van der Waals surface area contributed by atoms with Crippen molar-refractivity contribution in [3.05, 3.63) is 34.9 Å². The molecule has 18 heavy (non-hydrogen) atoms. The van der Waals surface area contributed by atoms with Gasteiger partial charge < -0.3 is 10.0 Å². The summed E-state index contributed by atoms with van der Waals surface area (Å²) in [5, 5.41) is 9.40. The van der Waals surface area contributed by atoms with Crippen molar-refractivity contribution >= 4 is 17.5 Å². The zero-order valence-corrected chi connectivity index (χ0v) is 11.1. The molecular weight excluding hydrogens is 250 g/mol. The number of nitrogens with zero attached hydrogens (tertiary/aromatic N) is 1. The first kappa shape index (κ1) is 13.4. The Morgan fingerprint density at radius 3 is 2.94 bits per heavy atom. The van der Waals surface area contributed by atoms with Gasteiger partial charge in [0, 0.05) is 19.2 Å². The van der Waals surface area contributed by atoms with E-state index in [1.165, 1.54) is 0 Å². The highest BCUT2D eigenvalue weighted by Gasteiger charge is 2.29. The maximum absolute atomic E-state index is 12.4. The van der Waals surface area contributed by atoms with Crippen molar-refractivity contribution in [2.24, 2.45) is 0 Å². The molecule has 3 nitrogen and oxygen atoms in total. The van der Waals surface area contributed by atoms with Crippen molar-refractivity contribution in [3.63, 3.8) is 0 Å². The third-order valence-electron chi connectivity index (χ3n) is 3.44. The van der Waals surface area contributed by atoms with E-state index in [0.717, 1.165) is 32.2 Å². The molecule has 0 radical (unpaired) electrons. The molecule has 0 bridgehead atoms. The number of benzene rings is 1. The normalized spacial score (nSPS) is 19.2. The molecule has 1 aliphatic rings. The predicted molar refractivity (Wildman–Crippen MR) is 71.8 cm³/mol. The van der Waals surface area contributed by atoms with Gasteiger partial charge in [-0.15, -0.1) is 0 Å². The number of rotatable bonds is 4. The molecule has 1 N–H and O–H groups in total. The zero-order chi connectivity index (χ0) is 13.0. The average molecular weight is 268 g/mol. The lowest BCUT2D eigenvalue weighted by Gasteiger charge is -2.25. The fraction of sp³-hybridized carbons (Fsp3) is 0.500. The van der Waals surface area contributed by atoms with Crippen LogP contribution in [-0.4, -0.2) is 35.1 Å². The lowest BCUT2D eigenvalue weighted by Crippen LogP contribution is -2.35. The number of hydrogen-bond acceptors (Lipinski definition) is 2. The number of aliphatic hydroxyl groups excluding tert-OH is 1. The number of aliphatic hydroxyl groups is 1. The van der Waals surface area contributed by atoms with Crippen LogP contribution in [0.5, 0.6) is 0 Å². The Kier molecular flexibility index (Phi) is 4.61. The molecule has 1 amide bonds. The Bertz CT molecular complexity index is 422. The molecule has 0 saturated carbocycles. The second kappa shape index (κ2) is 6.21. The highest BCUT2D eigenvalue weighted by Crippen LogP contribution is 2.25. The largest absolute Gasteiger partial charge is 0.396 e. The van der Waals surface area contributed by atoms with Gasteiger partial charge in [0.2, 0.25) is 0 Å². The van der Waals surface area contributed by atoms with Gasteiger partial charge in [-0.3, -0.25) is 4.79 Å². The third kappa shape index (κ3) is 2.85. The van der Waals surface area contributed by atoms with Crippen molar-refractivity contribution in [2.45, 2.75) is 31.7 Å². The van der Waals surface area contributed by atoms with Crippen LogP contribution in [0.1, 0.15) is 36.0 Å². The van der Waals surface area contributed by atoms with Gasteiger partial charge in [-0.1, -0.05) is 23.7 Å². The molecule has 1 aromatic carbocycles. The molecule has 1 unspecified atom stereocenters. The van der Waals surface area contributed by atoms with Crippen molar-refractivity contribution in [1.82, 2.24) is 4.90 Å². The first-order valence-corrected chi connectivity index (χ1v) is 6.78. The zero-order valence-electron chi connectivity index (χ0n) is 10.3. The van der Waals surface area contributed by atoms with E-state index < -0.39 is 0 Å². The first-order valence-electron chi connectivity index (χ1n) is 6.40. The maximum Gasteiger partial charge on any atom is 0.255 e. The van der Waals surface area contributed by atoms with Gasteiger partial charge in [0.15, 0.2) is 0 Å². The van der Waals surface area contributed by atoms with Crippen LogP contribution in [-0.2, 0) is 0 Å². The third-order valence-corrected chi connectivity index (χ3v) is 3.77. The van der Waals surface area contributed by atoms with Crippen LogP contribution in [0.2, 0.25) is 5.02 Å². The number of likely N-dealkylation sites (tertiary alicyclic amines) is 1. The molecule has 0 spiro atoms. The van der Waals surface area contributed by atoms with E-state index >= 15 is 0 Å². The van der Waals surface area contributed by atoms with Crippen LogP contribution in [0, 0.1) is 0 Å². The summed E-state index contributed by atoms with van der Waals surface area (Å²) >= 11 is 6.06. The van der Waals surface area contributed by atoms with Gasteiger partial charge in [-0.2, -0.15) is 0 Å². The van der Waals surface area contributed by atoms with Crippen molar-refractivity contribution in [3.8, 4) is 0 Å². The average Bonchev–Trinajstić information content (AvgIpc) is 2.84. The minimum Gasteiger partial charge on any atom is -0.396 e. The van der Waals surface area contributed by atoms with E-state index in [9.17, 15) is 4.79 Å². The minimum absolute atomic E-state index is 0.0149. The number of halogens is 1. The monoisotopic (exact) mass is 267 g/mol. The van der Waals surface area contributed by atoms with Crippen LogP contribution in [0.4, 0.5) is 0 Å². The Morgan fingerprint density at radius 1 is 1.44 bits per heavy atom.